The molecule has 0 bridgehead atoms. The highest BCUT2D eigenvalue weighted by Crippen LogP contribution is 2.37. The molecule has 1 aliphatic heterocycles. The summed E-state index contributed by atoms with van der Waals surface area (Å²) in [5.74, 6) is -0.287. The van der Waals surface area contributed by atoms with Crippen molar-refractivity contribution < 1.29 is 9.59 Å². The molecular weight excluding hydrogens is 328 g/mol. The first kappa shape index (κ1) is 18.9. The zero-order valence-corrected chi connectivity index (χ0v) is 15.5. The summed E-state index contributed by atoms with van der Waals surface area (Å²) in [7, 11) is 0. The summed E-state index contributed by atoms with van der Waals surface area (Å²) in [6.07, 6.45) is 5.99. The minimum atomic E-state index is -0.284. The molecule has 1 spiro atoms. The van der Waals surface area contributed by atoms with Crippen LogP contribution in [0.3, 0.4) is 0 Å². The Balaban J connectivity index is 1.68. The van der Waals surface area contributed by atoms with Gasteiger partial charge < -0.3 is 16.0 Å². The SMILES string of the molecule is NCC(=O)NCC(=O)N1CCN(Cc2ccccc2)C2(CCCCC2)C1. The van der Waals surface area contributed by atoms with Gasteiger partial charge in [-0.2, -0.15) is 0 Å². The molecule has 3 N–H and O–H groups in total. The monoisotopic (exact) mass is 358 g/mol. The quantitative estimate of drug-likeness (QED) is 0.826. The molecule has 2 aliphatic rings. The first-order chi connectivity index (χ1) is 12.6. The Morgan fingerprint density at radius 3 is 2.50 bits per heavy atom. The van der Waals surface area contributed by atoms with E-state index in [4.69, 9.17) is 5.73 Å². The Morgan fingerprint density at radius 1 is 1.08 bits per heavy atom. The lowest BCUT2D eigenvalue weighted by molar-refractivity contribution is -0.139. The molecule has 0 unspecified atom stereocenters. The molecule has 1 saturated carbocycles. The number of benzene rings is 1. The number of carbonyl (C=O) groups is 2. The number of carbonyl (C=O) groups excluding carboxylic acids is 2. The summed E-state index contributed by atoms with van der Waals surface area (Å²) in [5, 5.41) is 2.60. The summed E-state index contributed by atoms with van der Waals surface area (Å²) in [5.41, 5.74) is 6.69. The highest BCUT2D eigenvalue weighted by atomic mass is 16.2. The van der Waals surface area contributed by atoms with E-state index in [2.05, 4.69) is 34.5 Å². The van der Waals surface area contributed by atoms with Crippen molar-refractivity contribution in [3.63, 3.8) is 0 Å². The summed E-state index contributed by atoms with van der Waals surface area (Å²) in [4.78, 5) is 28.4. The van der Waals surface area contributed by atoms with Crippen LogP contribution in [-0.4, -0.2) is 59.9 Å². The van der Waals surface area contributed by atoms with Crippen molar-refractivity contribution in [3.05, 3.63) is 35.9 Å². The third-order valence-electron chi connectivity index (χ3n) is 5.77. The van der Waals surface area contributed by atoms with Crippen LogP contribution in [0.15, 0.2) is 30.3 Å². The van der Waals surface area contributed by atoms with E-state index in [-0.39, 0.29) is 30.4 Å². The number of amides is 2. The van der Waals surface area contributed by atoms with E-state index < -0.39 is 0 Å². The minimum Gasteiger partial charge on any atom is -0.346 e. The smallest absolute Gasteiger partial charge is 0.242 e. The van der Waals surface area contributed by atoms with Gasteiger partial charge in [0.1, 0.15) is 0 Å². The van der Waals surface area contributed by atoms with Crippen LogP contribution in [0.2, 0.25) is 0 Å². The number of piperazine rings is 1. The van der Waals surface area contributed by atoms with Crippen LogP contribution in [0, 0.1) is 0 Å². The summed E-state index contributed by atoms with van der Waals surface area (Å²) in [6, 6.07) is 10.6. The van der Waals surface area contributed by atoms with E-state index in [0.29, 0.717) is 6.54 Å². The second-order valence-corrected chi connectivity index (χ2v) is 7.49. The molecule has 2 amide bonds. The van der Waals surface area contributed by atoms with Gasteiger partial charge in [-0.1, -0.05) is 49.6 Å². The maximum atomic E-state index is 12.6. The van der Waals surface area contributed by atoms with Crippen molar-refractivity contribution in [3.8, 4) is 0 Å². The number of hydrogen-bond donors (Lipinski definition) is 2. The molecule has 26 heavy (non-hydrogen) atoms. The van der Waals surface area contributed by atoms with Crippen LogP contribution in [0.4, 0.5) is 0 Å². The van der Waals surface area contributed by atoms with Gasteiger partial charge in [-0.15, -0.1) is 0 Å². The van der Waals surface area contributed by atoms with Gasteiger partial charge in [-0.25, -0.2) is 0 Å². The number of hydrogen-bond acceptors (Lipinski definition) is 4. The van der Waals surface area contributed by atoms with E-state index >= 15 is 0 Å². The van der Waals surface area contributed by atoms with Gasteiger partial charge in [0.05, 0.1) is 13.1 Å². The largest absolute Gasteiger partial charge is 0.346 e. The third kappa shape index (κ3) is 4.43. The molecule has 6 nitrogen and oxygen atoms in total. The fourth-order valence-electron chi connectivity index (χ4n) is 4.32. The van der Waals surface area contributed by atoms with Crippen LogP contribution in [0.25, 0.3) is 0 Å². The Labute approximate surface area is 155 Å². The Morgan fingerprint density at radius 2 is 1.81 bits per heavy atom. The van der Waals surface area contributed by atoms with Crippen molar-refractivity contribution in [2.24, 2.45) is 5.73 Å². The zero-order chi connectivity index (χ0) is 18.4. The molecule has 0 aromatic heterocycles. The van der Waals surface area contributed by atoms with Crippen LogP contribution in [0.5, 0.6) is 0 Å². The van der Waals surface area contributed by atoms with Crippen LogP contribution < -0.4 is 11.1 Å². The van der Waals surface area contributed by atoms with Gasteiger partial charge in [0.2, 0.25) is 11.8 Å². The van der Waals surface area contributed by atoms with E-state index in [1.165, 1.54) is 24.8 Å². The van der Waals surface area contributed by atoms with Gasteiger partial charge in [-0.3, -0.25) is 14.5 Å². The van der Waals surface area contributed by atoms with E-state index in [1.54, 1.807) is 0 Å². The predicted octanol–water partition coefficient (Wildman–Crippen LogP) is 1.11. The topological polar surface area (TPSA) is 78.7 Å². The predicted molar refractivity (Wildman–Crippen MR) is 101 cm³/mol. The van der Waals surface area contributed by atoms with Crippen LogP contribution in [0.1, 0.15) is 37.7 Å². The fourth-order valence-corrected chi connectivity index (χ4v) is 4.32. The standard InChI is InChI=1S/C20H30N4O2/c21-13-18(25)22-14-19(26)23-11-12-24(15-17-7-3-1-4-8-17)20(16-23)9-5-2-6-10-20/h1,3-4,7-8H,2,5-6,9-16,21H2,(H,22,25). The molecule has 1 saturated heterocycles. The minimum absolute atomic E-state index is 0.00360. The van der Waals surface area contributed by atoms with Gasteiger partial charge in [0, 0.05) is 31.7 Å². The number of rotatable bonds is 5. The van der Waals surface area contributed by atoms with Gasteiger partial charge in [-0.05, 0) is 18.4 Å². The second kappa shape index (κ2) is 8.64. The molecule has 1 aliphatic carbocycles. The molecule has 1 aromatic carbocycles. The van der Waals surface area contributed by atoms with Crippen molar-refractivity contribution in [1.82, 2.24) is 15.1 Å². The van der Waals surface area contributed by atoms with Gasteiger partial charge in [0.25, 0.3) is 0 Å². The summed E-state index contributed by atoms with van der Waals surface area (Å²) < 4.78 is 0. The van der Waals surface area contributed by atoms with Crippen molar-refractivity contribution in [2.75, 3.05) is 32.7 Å². The molecule has 1 aromatic rings. The maximum absolute atomic E-state index is 12.6. The van der Waals surface area contributed by atoms with E-state index in [9.17, 15) is 9.59 Å². The zero-order valence-electron chi connectivity index (χ0n) is 15.5. The average Bonchev–Trinajstić information content (AvgIpc) is 2.69. The van der Waals surface area contributed by atoms with Crippen LogP contribution in [-0.2, 0) is 16.1 Å². The molecule has 3 rings (SSSR count). The van der Waals surface area contributed by atoms with E-state index in [0.717, 1.165) is 32.5 Å². The normalized spacial score (nSPS) is 20.1. The number of nitrogens with two attached hydrogens (primary N) is 1. The first-order valence-corrected chi connectivity index (χ1v) is 9.66. The molecule has 2 fully saturated rings. The molecule has 0 radical (unpaired) electrons. The van der Waals surface area contributed by atoms with Crippen molar-refractivity contribution in [1.29, 1.82) is 0 Å². The highest BCUT2D eigenvalue weighted by molar-refractivity contribution is 5.85. The molecule has 142 valence electrons. The number of nitrogens with zero attached hydrogens (tertiary/aromatic N) is 2. The summed E-state index contributed by atoms with van der Waals surface area (Å²) >= 11 is 0. The first-order valence-electron chi connectivity index (χ1n) is 9.66. The van der Waals surface area contributed by atoms with Gasteiger partial charge in [0.15, 0.2) is 0 Å². The fraction of sp³-hybridized carbons (Fsp3) is 0.600. The highest BCUT2D eigenvalue weighted by Gasteiger charge is 2.43. The lowest BCUT2D eigenvalue weighted by atomic mass is 9.78. The second-order valence-electron chi connectivity index (χ2n) is 7.49. The molecular formula is C20H30N4O2. The summed E-state index contributed by atoms with van der Waals surface area (Å²) in [6.45, 7) is 3.26. The van der Waals surface area contributed by atoms with Gasteiger partial charge >= 0.3 is 0 Å². The third-order valence-corrected chi connectivity index (χ3v) is 5.77. The van der Waals surface area contributed by atoms with E-state index in [1.807, 2.05) is 11.0 Å². The number of nitrogens with one attached hydrogen (secondary N) is 1. The van der Waals surface area contributed by atoms with Crippen molar-refractivity contribution in [2.45, 2.75) is 44.2 Å². The lowest BCUT2D eigenvalue weighted by Gasteiger charge is -2.53. The molecule has 0 atom stereocenters. The van der Waals surface area contributed by atoms with Crippen LogP contribution >= 0.6 is 0 Å². The Hall–Kier alpha value is -1.92. The van der Waals surface area contributed by atoms with Crippen molar-refractivity contribution >= 4 is 11.8 Å². The Bertz CT molecular complexity index is 613. The average molecular weight is 358 g/mol. The molecule has 6 heteroatoms. The molecule has 1 heterocycles. The Kier molecular flexibility index (Phi) is 6.27. The lowest BCUT2D eigenvalue weighted by Crippen LogP contribution is -2.64. The maximum Gasteiger partial charge on any atom is 0.242 e.